The van der Waals surface area contributed by atoms with Gasteiger partial charge in [-0.05, 0) is 31.4 Å². The van der Waals surface area contributed by atoms with Crippen LogP contribution in [0.15, 0.2) is 12.1 Å². The lowest BCUT2D eigenvalue weighted by Crippen LogP contribution is -2.61. The highest BCUT2D eigenvalue weighted by molar-refractivity contribution is 6.30. The minimum atomic E-state index is -0.780. The zero-order valence-corrected chi connectivity index (χ0v) is 11.5. The van der Waals surface area contributed by atoms with Crippen LogP contribution in [0.25, 0.3) is 0 Å². The number of fused-ring (bicyclic) bond motifs is 2. The smallest absolute Gasteiger partial charge is 0.233 e. The first-order valence-corrected chi connectivity index (χ1v) is 6.89. The average molecular weight is 283 g/mol. The van der Waals surface area contributed by atoms with Crippen molar-refractivity contribution in [1.29, 1.82) is 0 Å². The number of nitrogens with two attached hydrogens (primary N) is 1. The van der Waals surface area contributed by atoms with Gasteiger partial charge in [0.1, 0.15) is 5.82 Å². The topological polar surface area (TPSA) is 46.3 Å². The Balaban J connectivity index is 2.19. The first kappa shape index (κ1) is 12.9. The van der Waals surface area contributed by atoms with Crippen LogP contribution in [0.2, 0.25) is 5.02 Å². The molecule has 102 valence electrons. The molecule has 2 aliphatic rings. The lowest BCUT2D eigenvalue weighted by molar-refractivity contribution is -0.143. The Labute approximate surface area is 116 Å². The van der Waals surface area contributed by atoms with Gasteiger partial charge >= 0.3 is 0 Å². The Bertz CT molecular complexity index is 555. The molecule has 1 heterocycles. The fraction of sp³-hybridized carbons (Fsp3) is 0.500. The van der Waals surface area contributed by atoms with Gasteiger partial charge in [-0.25, -0.2) is 4.39 Å². The molecule has 5 heteroatoms. The molecule has 1 fully saturated rings. The molecule has 1 aromatic rings. The van der Waals surface area contributed by atoms with Gasteiger partial charge in [0.05, 0.1) is 10.4 Å². The molecule has 0 unspecified atom stereocenters. The van der Waals surface area contributed by atoms with Crippen molar-refractivity contribution in [3.8, 4) is 0 Å². The summed E-state index contributed by atoms with van der Waals surface area (Å²) < 4.78 is 14.4. The van der Waals surface area contributed by atoms with Gasteiger partial charge in [-0.3, -0.25) is 4.79 Å². The second-order valence-corrected chi connectivity index (χ2v) is 5.87. The predicted molar refractivity (Wildman–Crippen MR) is 71.4 cm³/mol. The van der Waals surface area contributed by atoms with Crippen molar-refractivity contribution < 1.29 is 9.18 Å². The molecule has 3 rings (SSSR count). The summed E-state index contributed by atoms with van der Waals surface area (Å²) >= 11 is 5.88. The van der Waals surface area contributed by atoms with Gasteiger partial charge in [0.25, 0.3) is 0 Å². The monoisotopic (exact) mass is 282 g/mol. The molecule has 0 radical (unpaired) electrons. The number of likely N-dealkylation sites (N-methyl/N-ethyl adjacent to an activating group) is 1. The third kappa shape index (κ3) is 1.63. The minimum Gasteiger partial charge on any atom is -0.338 e. The fourth-order valence-corrected chi connectivity index (χ4v) is 3.55. The normalized spacial score (nSPS) is 29.4. The van der Waals surface area contributed by atoms with Crippen LogP contribution < -0.4 is 5.73 Å². The van der Waals surface area contributed by atoms with E-state index in [4.69, 9.17) is 17.3 Å². The zero-order valence-electron chi connectivity index (χ0n) is 10.7. The second-order valence-electron chi connectivity index (χ2n) is 5.47. The number of carbonyl (C=O) groups is 1. The summed E-state index contributed by atoms with van der Waals surface area (Å²) in [5.41, 5.74) is 6.41. The van der Waals surface area contributed by atoms with E-state index in [2.05, 4.69) is 0 Å². The molecular weight excluding hydrogens is 267 g/mol. The summed E-state index contributed by atoms with van der Waals surface area (Å²) in [5.74, 6) is -0.458. The molecule has 1 aliphatic heterocycles. The molecule has 0 bridgehead atoms. The van der Waals surface area contributed by atoms with E-state index in [1.54, 1.807) is 11.0 Å². The average Bonchev–Trinajstić information content (AvgIpc) is 2.35. The quantitative estimate of drug-likeness (QED) is 0.858. The van der Waals surface area contributed by atoms with E-state index < -0.39 is 11.2 Å². The van der Waals surface area contributed by atoms with Crippen LogP contribution in [-0.4, -0.2) is 23.4 Å². The molecule has 1 aliphatic carbocycles. The molecule has 1 aromatic carbocycles. The largest absolute Gasteiger partial charge is 0.338 e. The Morgan fingerprint density at radius 3 is 2.79 bits per heavy atom. The lowest BCUT2D eigenvalue weighted by atomic mass is 9.58. The maximum atomic E-state index is 14.4. The summed E-state index contributed by atoms with van der Waals surface area (Å²) in [6.45, 7) is 3.01. The number of carbonyl (C=O) groups excluding carboxylic acids is 1. The van der Waals surface area contributed by atoms with Crippen LogP contribution >= 0.6 is 11.6 Å². The molecule has 0 aromatic heterocycles. The molecule has 2 N–H and O–H groups in total. The van der Waals surface area contributed by atoms with Crippen molar-refractivity contribution in [3.63, 3.8) is 0 Å². The molecule has 3 nitrogen and oxygen atoms in total. The lowest BCUT2D eigenvalue weighted by Gasteiger charge is -2.51. The molecule has 1 amide bonds. The predicted octanol–water partition coefficient (Wildman–Crippen LogP) is 2.20. The number of benzene rings is 1. The first-order chi connectivity index (χ1) is 8.99. The second kappa shape index (κ2) is 4.18. The zero-order chi connectivity index (χ0) is 13.8. The SMILES string of the molecule is CCN1Cc2ccc(Cl)c(F)c2C2(CC(N)C2)C1=O. The van der Waals surface area contributed by atoms with Crippen molar-refractivity contribution in [3.05, 3.63) is 34.1 Å². The van der Waals surface area contributed by atoms with Crippen molar-refractivity contribution in [2.45, 2.75) is 37.8 Å². The van der Waals surface area contributed by atoms with Crippen LogP contribution in [0, 0.1) is 5.82 Å². The molecule has 0 saturated heterocycles. The van der Waals surface area contributed by atoms with Gasteiger partial charge in [0.2, 0.25) is 5.91 Å². The summed E-state index contributed by atoms with van der Waals surface area (Å²) in [7, 11) is 0. The van der Waals surface area contributed by atoms with Gasteiger partial charge in [0.15, 0.2) is 0 Å². The van der Waals surface area contributed by atoms with E-state index >= 15 is 0 Å². The number of amides is 1. The van der Waals surface area contributed by atoms with Gasteiger partial charge in [0, 0.05) is 24.7 Å². The van der Waals surface area contributed by atoms with Crippen LogP contribution in [0.5, 0.6) is 0 Å². The van der Waals surface area contributed by atoms with Crippen LogP contribution in [0.3, 0.4) is 0 Å². The highest BCUT2D eigenvalue weighted by Crippen LogP contribution is 2.50. The maximum absolute atomic E-state index is 14.4. The van der Waals surface area contributed by atoms with Gasteiger partial charge in [-0.1, -0.05) is 17.7 Å². The van der Waals surface area contributed by atoms with Gasteiger partial charge < -0.3 is 10.6 Å². The standard InChI is InChI=1S/C14H16ClFN2O/c1-2-18-7-8-3-4-10(15)12(16)11(8)14(13(18)19)5-9(17)6-14/h3-4,9H,2,5-7,17H2,1H3. The molecule has 0 atom stereocenters. The Hall–Kier alpha value is -1.13. The van der Waals surface area contributed by atoms with Crippen molar-refractivity contribution >= 4 is 17.5 Å². The van der Waals surface area contributed by atoms with Crippen molar-refractivity contribution in [2.75, 3.05) is 6.54 Å². The molecule has 1 spiro atoms. The number of rotatable bonds is 1. The van der Waals surface area contributed by atoms with E-state index in [-0.39, 0.29) is 17.0 Å². The van der Waals surface area contributed by atoms with Crippen molar-refractivity contribution in [2.24, 2.45) is 5.73 Å². The van der Waals surface area contributed by atoms with E-state index in [0.29, 0.717) is 31.5 Å². The van der Waals surface area contributed by atoms with Crippen LogP contribution in [0.4, 0.5) is 4.39 Å². The minimum absolute atomic E-state index is 0.00892. The summed E-state index contributed by atoms with van der Waals surface area (Å²) in [4.78, 5) is 14.4. The summed E-state index contributed by atoms with van der Waals surface area (Å²) in [6, 6.07) is 3.35. The first-order valence-electron chi connectivity index (χ1n) is 6.52. The number of hydrogen-bond donors (Lipinski definition) is 1. The van der Waals surface area contributed by atoms with Crippen LogP contribution in [-0.2, 0) is 16.8 Å². The number of hydrogen-bond acceptors (Lipinski definition) is 2. The Morgan fingerprint density at radius 2 is 2.21 bits per heavy atom. The van der Waals surface area contributed by atoms with Gasteiger partial charge in [-0.2, -0.15) is 0 Å². The fourth-order valence-electron chi connectivity index (χ4n) is 3.40. The van der Waals surface area contributed by atoms with E-state index in [1.807, 2.05) is 13.0 Å². The number of nitrogens with zero attached hydrogens (tertiary/aromatic N) is 1. The third-order valence-electron chi connectivity index (χ3n) is 4.32. The maximum Gasteiger partial charge on any atom is 0.233 e. The van der Waals surface area contributed by atoms with Crippen LogP contribution in [0.1, 0.15) is 30.9 Å². The van der Waals surface area contributed by atoms with E-state index in [0.717, 1.165) is 5.56 Å². The summed E-state index contributed by atoms with van der Waals surface area (Å²) in [6.07, 6.45) is 1.01. The van der Waals surface area contributed by atoms with E-state index in [1.165, 1.54) is 0 Å². The molecule has 1 saturated carbocycles. The highest BCUT2D eigenvalue weighted by Gasteiger charge is 2.56. The third-order valence-corrected chi connectivity index (χ3v) is 4.61. The molecule has 19 heavy (non-hydrogen) atoms. The Kier molecular flexibility index (Phi) is 2.84. The van der Waals surface area contributed by atoms with Crippen molar-refractivity contribution in [1.82, 2.24) is 4.90 Å². The van der Waals surface area contributed by atoms with Gasteiger partial charge in [-0.15, -0.1) is 0 Å². The highest BCUT2D eigenvalue weighted by atomic mass is 35.5. The number of halogens is 2. The Morgan fingerprint density at radius 1 is 1.53 bits per heavy atom. The molecular formula is C14H16ClFN2O. The summed E-state index contributed by atoms with van der Waals surface area (Å²) in [5, 5.41) is 0.0799. The van der Waals surface area contributed by atoms with E-state index in [9.17, 15) is 9.18 Å².